The topological polar surface area (TPSA) is 141 Å². The Kier molecular flexibility index (Phi) is 13.9. The number of hydrogen-bond donors (Lipinski definition) is 3. The molecular formula is C55H74O10. The summed E-state index contributed by atoms with van der Waals surface area (Å²) >= 11 is 0. The lowest BCUT2D eigenvalue weighted by atomic mass is 9.42. The minimum atomic E-state index is -1.12. The van der Waals surface area contributed by atoms with Crippen LogP contribution in [0.3, 0.4) is 0 Å². The zero-order valence-corrected chi connectivity index (χ0v) is 40.4. The first-order chi connectivity index (χ1) is 30.7. The average Bonchev–Trinajstić information content (AvgIpc) is 3.41. The molecule has 0 spiro atoms. The van der Waals surface area contributed by atoms with E-state index in [2.05, 4.69) is 54.5 Å². The largest absolute Gasteiger partial charge is 0.508 e. The van der Waals surface area contributed by atoms with E-state index in [4.69, 9.17) is 23.7 Å². The van der Waals surface area contributed by atoms with Gasteiger partial charge in [-0.25, -0.2) is 0 Å². The van der Waals surface area contributed by atoms with Crippen LogP contribution in [0.5, 0.6) is 23.0 Å². The van der Waals surface area contributed by atoms with Gasteiger partial charge in [0.2, 0.25) is 0 Å². The second-order valence-corrected chi connectivity index (χ2v) is 21.9. The van der Waals surface area contributed by atoms with Crippen LogP contribution in [-0.4, -0.2) is 66.9 Å². The number of methoxy groups -OCH3 is 3. The summed E-state index contributed by atoms with van der Waals surface area (Å²) in [5.74, 6) is 1.44. The lowest BCUT2D eigenvalue weighted by molar-refractivity contribution is -0.178. The van der Waals surface area contributed by atoms with E-state index < -0.39 is 24.5 Å². The van der Waals surface area contributed by atoms with Crippen LogP contribution in [0.2, 0.25) is 0 Å². The molecule has 5 aliphatic carbocycles. The van der Waals surface area contributed by atoms with Crippen LogP contribution >= 0.6 is 0 Å². The number of hydrogen-bond acceptors (Lipinski definition) is 10. The van der Waals surface area contributed by atoms with Gasteiger partial charge in [0.05, 0.1) is 26.4 Å². The summed E-state index contributed by atoms with van der Waals surface area (Å²) in [7, 11) is 4.81. The predicted octanol–water partition coefficient (Wildman–Crippen LogP) is 11.6. The Labute approximate surface area is 387 Å². The van der Waals surface area contributed by atoms with E-state index in [0.29, 0.717) is 57.5 Å². The molecule has 1 unspecified atom stereocenters. The van der Waals surface area contributed by atoms with E-state index >= 15 is 0 Å². The normalized spacial score (nSPS) is 33.3. The number of rotatable bonds is 12. The average molecular weight is 895 g/mol. The Morgan fingerprint density at radius 3 is 2.12 bits per heavy atom. The summed E-state index contributed by atoms with van der Waals surface area (Å²) in [5, 5.41) is 30.6. The minimum Gasteiger partial charge on any atom is -0.508 e. The molecule has 0 saturated heterocycles. The van der Waals surface area contributed by atoms with E-state index in [0.717, 1.165) is 25.7 Å². The number of allylic oxidation sites excluding steroid dienone is 3. The van der Waals surface area contributed by atoms with Gasteiger partial charge in [0, 0.05) is 12.5 Å². The molecule has 0 aromatic heterocycles. The molecule has 10 nitrogen and oxygen atoms in total. The van der Waals surface area contributed by atoms with Crippen LogP contribution in [-0.2, 0) is 19.1 Å². The molecule has 65 heavy (non-hydrogen) atoms. The molecule has 0 bridgehead atoms. The van der Waals surface area contributed by atoms with Crippen LogP contribution in [0, 0.1) is 50.7 Å². The Bertz CT molecular complexity index is 2220. The SMILES string of the molecule is COc1cc(/C=C/C(O)=C/C(O)/C=C/c2ccc(OC(=O)CC(=O)O[C@@H]3CC[C@@]4(C)[C@@H]5CC[C@H]6[C@@](C)(CC[C@@H]7C(C)(C)[C@@H](OC)CC[C@]76C)CC5=CC[C@@H]4C3(C)C)c(OC)c2)ccc1O. The van der Waals surface area contributed by atoms with Gasteiger partial charge in [-0.1, -0.05) is 90.5 Å². The number of carbonyl (C=O) groups excluding carboxylic acids is 2. The first kappa shape index (κ1) is 48.4. The Morgan fingerprint density at radius 1 is 0.738 bits per heavy atom. The summed E-state index contributed by atoms with van der Waals surface area (Å²) in [6.45, 7) is 17.2. The molecule has 2 aromatic rings. The van der Waals surface area contributed by atoms with Crippen molar-refractivity contribution in [2.75, 3.05) is 21.3 Å². The summed E-state index contributed by atoms with van der Waals surface area (Å²) in [5.41, 5.74) is 3.59. The van der Waals surface area contributed by atoms with Gasteiger partial charge in [0.15, 0.2) is 23.0 Å². The van der Waals surface area contributed by atoms with Crippen LogP contribution in [0.15, 0.2) is 72.0 Å². The highest BCUT2D eigenvalue weighted by atomic mass is 16.6. The molecule has 354 valence electrons. The number of fused-ring (bicyclic) bond motifs is 6. The highest BCUT2D eigenvalue weighted by Crippen LogP contribution is 2.70. The number of esters is 2. The second-order valence-electron chi connectivity index (χ2n) is 21.9. The van der Waals surface area contributed by atoms with Gasteiger partial charge in [0.1, 0.15) is 18.3 Å². The van der Waals surface area contributed by atoms with Crippen LogP contribution in [0.4, 0.5) is 0 Å². The van der Waals surface area contributed by atoms with E-state index in [1.54, 1.807) is 48.1 Å². The first-order valence-corrected chi connectivity index (χ1v) is 23.8. The molecule has 2 aromatic carbocycles. The van der Waals surface area contributed by atoms with E-state index in [1.165, 1.54) is 77.0 Å². The van der Waals surface area contributed by atoms with Crippen molar-refractivity contribution in [3.05, 3.63) is 83.2 Å². The highest BCUT2D eigenvalue weighted by Gasteiger charge is 2.63. The monoisotopic (exact) mass is 895 g/mol. The van der Waals surface area contributed by atoms with Gasteiger partial charge in [-0.15, -0.1) is 0 Å². The van der Waals surface area contributed by atoms with E-state index in [9.17, 15) is 24.9 Å². The fourth-order valence-electron chi connectivity index (χ4n) is 14.4. The number of ether oxygens (including phenoxy) is 5. The molecule has 5 aliphatic rings. The van der Waals surface area contributed by atoms with Gasteiger partial charge >= 0.3 is 11.9 Å². The third-order valence-electron chi connectivity index (χ3n) is 17.5. The number of aliphatic hydroxyl groups is 2. The van der Waals surface area contributed by atoms with Crippen molar-refractivity contribution in [2.45, 2.75) is 137 Å². The van der Waals surface area contributed by atoms with Crippen molar-refractivity contribution in [3.8, 4) is 23.0 Å². The zero-order chi connectivity index (χ0) is 47.1. The molecule has 0 aliphatic heterocycles. The van der Waals surface area contributed by atoms with Gasteiger partial charge in [-0.3, -0.25) is 9.59 Å². The second kappa shape index (κ2) is 18.6. The number of carbonyl (C=O) groups is 2. The van der Waals surface area contributed by atoms with Gasteiger partial charge in [0.25, 0.3) is 0 Å². The molecule has 10 heteroatoms. The van der Waals surface area contributed by atoms with Crippen molar-refractivity contribution in [1.29, 1.82) is 0 Å². The fraction of sp³-hybridized carbons (Fsp3) is 0.600. The van der Waals surface area contributed by atoms with Crippen LogP contribution in [0.25, 0.3) is 12.2 Å². The number of phenolic OH excluding ortho intramolecular Hbond substituents is 1. The Morgan fingerprint density at radius 2 is 1.40 bits per heavy atom. The smallest absolute Gasteiger partial charge is 0.322 e. The standard InChI is InChI=1S/C55H74O10/c1-51(2)45-23-26-53(5)33-36-15-21-44-52(3,4)48(25-27-54(44,6)39(36)18-22-46(53)55(45,7)28-24-47(51)63-10)65-50(60)32-49(59)64-41-20-14-35(30-43(41)62-9)12-17-38(57)31-37(56)16-11-34-13-19-40(58)42(29-34)61-8/h11-17,19-20,29-31,38-39,44-48,56-58H,18,21-28,32-33H2,1-10H3/b16-11+,17-12+,37-31-/t38?,39-,44-,45-,46+,47+,48-,53+,54+,55-/m1/s1. The molecule has 3 N–H and O–H groups in total. The van der Waals surface area contributed by atoms with Gasteiger partial charge < -0.3 is 39.0 Å². The van der Waals surface area contributed by atoms with Crippen molar-refractivity contribution in [1.82, 2.24) is 0 Å². The lowest BCUT2D eigenvalue weighted by Crippen LogP contribution is -2.58. The van der Waals surface area contributed by atoms with Gasteiger partial charge in [-0.05, 0) is 157 Å². The minimum absolute atomic E-state index is 0.00722. The third-order valence-corrected chi connectivity index (χ3v) is 17.5. The summed E-state index contributed by atoms with van der Waals surface area (Å²) in [6, 6.07) is 9.67. The van der Waals surface area contributed by atoms with Crippen molar-refractivity contribution in [3.63, 3.8) is 0 Å². The Balaban J connectivity index is 0.945. The molecular weight excluding hydrogens is 821 g/mol. The molecule has 4 saturated carbocycles. The summed E-state index contributed by atoms with van der Waals surface area (Å²) < 4.78 is 28.5. The summed E-state index contributed by atoms with van der Waals surface area (Å²) in [4.78, 5) is 26.6. The molecule has 0 heterocycles. The quantitative estimate of drug-likeness (QED) is 0.0471. The molecule has 0 amide bonds. The van der Waals surface area contributed by atoms with Crippen LogP contribution in [0.1, 0.15) is 130 Å². The molecule has 4 fully saturated rings. The van der Waals surface area contributed by atoms with Crippen molar-refractivity contribution >= 4 is 24.1 Å². The molecule has 0 radical (unpaired) electrons. The Hall–Kier alpha value is -4.54. The van der Waals surface area contributed by atoms with Crippen molar-refractivity contribution in [2.24, 2.45) is 50.7 Å². The maximum absolute atomic E-state index is 13.5. The molecule has 7 rings (SSSR count). The fourth-order valence-corrected chi connectivity index (χ4v) is 14.4. The maximum Gasteiger partial charge on any atom is 0.322 e. The predicted molar refractivity (Wildman–Crippen MR) is 253 cm³/mol. The zero-order valence-electron chi connectivity index (χ0n) is 40.4. The van der Waals surface area contributed by atoms with Crippen molar-refractivity contribution < 1.29 is 48.6 Å². The molecule has 10 atom stereocenters. The number of benzene rings is 2. The number of aromatic hydroxyl groups is 1. The summed E-state index contributed by atoms with van der Waals surface area (Å²) in [6.07, 6.45) is 19.7. The van der Waals surface area contributed by atoms with Crippen LogP contribution < -0.4 is 14.2 Å². The highest BCUT2D eigenvalue weighted by molar-refractivity contribution is 5.92. The first-order valence-electron chi connectivity index (χ1n) is 23.8. The van der Waals surface area contributed by atoms with E-state index in [1.807, 2.05) is 7.11 Å². The van der Waals surface area contributed by atoms with E-state index in [-0.39, 0.29) is 45.4 Å². The maximum atomic E-state index is 13.5. The lowest BCUT2D eigenvalue weighted by Gasteiger charge is -2.64. The number of aliphatic hydroxyl groups excluding tert-OH is 2. The van der Waals surface area contributed by atoms with Gasteiger partial charge in [-0.2, -0.15) is 0 Å². The number of phenols is 1. The third kappa shape index (κ3) is 9.41.